The minimum absolute atomic E-state index is 0.0795. The summed E-state index contributed by atoms with van der Waals surface area (Å²) in [5.74, 6) is -1.94. The van der Waals surface area contributed by atoms with Crippen molar-refractivity contribution in [1.29, 1.82) is 0 Å². The predicted molar refractivity (Wildman–Crippen MR) is 148 cm³/mol. The molecule has 4 heterocycles. The molecule has 2 aliphatic heterocycles. The average molecular weight is 531 g/mol. The summed E-state index contributed by atoms with van der Waals surface area (Å²) in [6.07, 6.45) is 6.48. The Hall–Kier alpha value is -5.38. The first-order chi connectivity index (χ1) is 19.5. The molecule has 2 aromatic carbocycles. The number of rotatable bonds is 8. The lowest BCUT2D eigenvalue weighted by atomic mass is 9.86. The van der Waals surface area contributed by atoms with Gasteiger partial charge in [0.05, 0.1) is 24.5 Å². The molecule has 40 heavy (non-hydrogen) atoms. The van der Waals surface area contributed by atoms with Crippen LogP contribution in [0.4, 0.5) is 0 Å². The van der Waals surface area contributed by atoms with Crippen LogP contribution in [-0.2, 0) is 0 Å². The molecule has 4 amide bonds. The van der Waals surface area contributed by atoms with Crippen molar-refractivity contribution in [2.24, 2.45) is 9.98 Å². The molecule has 4 aromatic rings. The normalized spacial score (nSPS) is 14.8. The highest BCUT2D eigenvalue weighted by Gasteiger charge is 2.39. The average Bonchev–Trinajstić information content (AvgIpc) is 2.99. The number of pyridine rings is 2. The Morgan fingerprint density at radius 1 is 0.550 bits per heavy atom. The molecule has 0 fully saturated rings. The van der Waals surface area contributed by atoms with Crippen LogP contribution in [0.25, 0.3) is 10.8 Å². The van der Waals surface area contributed by atoms with E-state index in [1.54, 1.807) is 73.4 Å². The van der Waals surface area contributed by atoms with E-state index in [1.165, 1.54) is 0 Å². The van der Waals surface area contributed by atoms with Gasteiger partial charge in [-0.1, -0.05) is 12.1 Å². The topological polar surface area (TPSA) is 125 Å². The first kappa shape index (κ1) is 24.9. The number of aliphatic imine (C=N–C) groups is 2. The number of carbonyl (C=O) groups is 4. The van der Waals surface area contributed by atoms with Crippen molar-refractivity contribution in [2.75, 3.05) is 26.2 Å². The van der Waals surface area contributed by atoms with Gasteiger partial charge >= 0.3 is 0 Å². The van der Waals surface area contributed by atoms with Gasteiger partial charge in [-0.05, 0) is 48.5 Å². The quantitative estimate of drug-likeness (QED) is 0.255. The highest BCUT2D eigenvalue weighted by atomic mass is 16.2. The van der Waals surface area contributed by atoms with Gasteiger partial charge in [0.15, 0.2) is 0 Å². The third-order valence-electron chi connectivity index (χ3n) is 6.79. The molecule has 2 aromatic heterocycles. The van der Waals surface area contributed by atoms with E-state index in [-0.39, 0.29) is 48.4 Å². The zero-order chi connectivity index (χ0) is 27.6. The Labute approximate surface area is 228 Å². The molecule has 0 unspecified atom stereocenters. The van der Waals surface area contributed by atoms with Crippen LogP contribution in [0.15, 0.2) is 83.0 Å². The third-order valence-corrected chi connectivity index (χ3v) is 6.79. The van der Waals surface area contributed by atoms with Crippen LogP contribution in [0.1, 0.15) is 52.8 Å². The summed E-state index contributed by atoms with van der Waals surface area (Å²) in [5.41, 5.74) is 2.45. The minimum Gasteiger partial charge on any atom is -0.289 e. The second-order valence-electron chi connectivity index (χ2n) is 9.18. The van der Waals surface area contributed by atoms with Gasteiger partial charge in [0.2, 0.25) is 0 Å². The molecule has 0 saturated heterocycles. The zero-order valence-corrected chi connectivity index (χ0v) is 21.2. The van der Waals surface area contributed by atoms with Gasteiger partial charge in [0.1, 0.15) is 0 Å². The van der Waals surface area contributed by atoms with Crippen LogP contribution in [0.3, 0.4) is 0 Å². The Balaban J connectivity index is 1.24. The smallest absolute Gasteiger partial charge is 0.261 e. The number of hydrogen-bond donors (Lipinski definition) is 0. The molecule has 0 N–H and O–H groups in total. The molecule has 2 aliphatic rings. The molecule has 0 spiro atoms. The van der Waals surface area contributed by atoms with Crippen molar-refractivity contribution >= 4 is 46.8 Å². The fourth-order valence-corrected chi connectivity index (χ4v) is 4.92. The molecule has 6 rings (SSSR count). The summed E-state index contributed by atoms with van der Waals surface area (Å²) in [6.45, 7) is 0.571. The maximum Gasteiger partial charge on any atom is 0.261 e. The lowest BCUT2D eigenvalue weighted by molar-refractivity contribution is 0.0594. The van der Waals surface area contributed by atoms with Crippen LogP contribution in [-0.4, -0.2) is 82.0 Å². The van der Waals surface area contributed by atoms with E-state index >= 15 is 0 Å². The summed E-state index contributed by atoms with van der Waals surface area (Å²) >= 11 is 0. The summed E-state index contributed by atoms with van der Waals surface area (Å²) in [5, 5.41) is 0.681. The number of hydrogen-bond acceptors (Lipinski definition) is 8. The zero-order valence-electron chi connectivity index (χ0n) is 21.2. The molecule has 10 nitrogen and oxygen atoms in total. The van der Waals surface area contributed by atoms with Crippen molar-refractivity contribution in [2.45, 2.75) is 0 Å². The van der Waals surface area contributed by atoms with Gasteiger partial charge in [-0.2, -0.15) is 0 Å². The van der Waals surface area contributed by atoms with Crippen LogP contribution in [0.5, 0.6) is 0 Å². The third kappa shape index (κ3) is 4.35. The van der Waals surface area contributed by atoms with Crippen molar-refractivity contribution in [1.82, 2.24) is 19.8 Å². The molecule has 10 heteroatoms. The molecule has 0 atom stereocenters. The SMILES string of the molecule is O=C1c2ccc3c4c(ccc(c24)C(=O)N1CCN=Cc1ccccn1)C(=O)N(CCN=Cc1ccccn1)C3=O. The molecule has 0 aliphatic carbocycles. The standard InChI is InChI=1S/C30H22N6O4/c37-27-21-7-9-23-26-24(30(40)36(29(23)39)16-14-32-18-20-6-2-4-12-34-20)10-8-22(25(21)26)28(38)35(27)15-13-31-17-19-5-1-3-11-33-19/h1-12,17-18H,13-16H2. The van der Waals surface area contributed by atoms with Gasteiger partial charge in [-0.15, -0.1) is 0 Å². The monoisotopic (exact) mass is 530 g/mol. The first-order valence-electron chi connectivity index (χ1n) is 12.7. The Bertz CT molecular complexity index is 1540. The maximum atomic E-state index is 13.4. The summed E-state index contributed by atoms with van der Waals surface area (Å²) in [4.78, 5) is 72.7. The van der Waals surface area contributed by atoms with Crippen LogP contribution >= 0.6 is 0 Å². The number of amides is 4. The number of imide groups is 2. The highest BCUT2D eigenvalue weighted by Crippen LogP contribution is 2.37. The van der Waals surface area contributed by atoms with Crippen molar-refractivity contribution in [3.8, 4) is 0 Å². The largest absolute Gasteiger partial charge is 0.289 e. The summed E-state index contributed by atoms with van der Waals surface area (Å²) in [7, 11) is 0. The van der Waals surface area contributed by atoms with Crippen molar-refractivity contribution < 1.29 is 19.2 Å². The Morgan fingerprint density at radius 2 is 0.925 bits per heavy atom. The number of aromatic nitrogens is 2. The van der Waals surface area contributed by atoms with E-state index in [4.69, 9.17) is 0 Å². The van der Waals surface area contributed by atoms with Crippen LogP contribution < -0.4 is 0 Å². The number of nitrogens with zero attached hydrogens (tertiary/aromatic N) is 6. The van der Waals surface area contributed by atoms with Crippen molar-refractivity contribution in [3.63, 3.8) is 0 Å². The lowest BCUT2D eigenvalue weighted by Crippen LogP contribution is -2.44. The van der Waals surface area contributed by atoms with Gasteiger partial charge in [0.25, 0.3) is 23.6 Å². The molecule has 196 valence electrons. The molecular weight excluding hydrogens is 508 g/mol. The van der Waals surface area contributed by atoms with Gasteiger partial charge in [-0.25, -0.2) is 0 Å². The first-order valence-corrected chi connectivity index (χ1v) is 12.7. The molecule has 0 saturated carbocycles. The van der Waals surface area contributed by atoms with Crippen LogP contribution in [0.2, 0.25) is 0 Å². The van der Waals surface area contributed by atoms with E-state index in [9.17, 15) is 19.2 Å². The predicted octanol–water partition coefficient (Wildman–Crippen LogP) is 3.06. The van der Waals surface area contributed by atoms with E-state index in [2.05, 4.69) is 20.0 Å². The second kappa shape index (κ2) is 10.4. The van der Waals surface area contributed by atoms with Gasteiger partial charge in [0, 0.05) is 70.9 Å². The van der Waals surface area contributed by atoms with Crippen LogP contribution in [0, 0.1) is 0 Å². The van der Waals surface area contributed by atoms with E-state index in [1.807, 2.05) is 12.1 Å². The van der Waals surface area contributed by atoms with Gasteiger partial charge < -0.3 is 0 Å². The summed E-state index contributed by atoms with van der Waals surface area (Å²) in [6, 6.07) is 17.1. The molecule has 0 bridgehead atoms. The Kier molecular flexibility index (Phi) is 6.49. The second-order valence-corrected chi connectivity index (χ2v) is 9.18. The fourth-order valence-electron chi connectivity index (χ4n) is 4.92. The highest BCUT2D eigenvalue weighted by molar-refractivity contribution is 6.33. The van der Waals surface area contributed by atoms with Gasteiger partial charge in [-0.3, -0.25) is 48.9 Å². The van der Waals surface area contributed by atoms with E-state index < -0.39 is 23.6 Å². The number of benzene rings is 2. The van der Waals surface area contributed by atoms with E-state index in [0.717, 1.165) is 9.80 Å². The van der Waals surface area contributed by atoms with Crippen molar-refractivity contribution in [3.05, 3.63) is 107 Å². The summed E-state index contributed by atoms with van der Waals surface area (Å²) < 4.78 is 0. The fraction of sp³-hybridized carbons (Fsp3) is 0.133. The molecular formula is C30H22N6O4. The lowest BCUT2D eigenvalue weighted by Gasteiger charge is -2.31. The maximum absolute atomic E-state index is 13.4. The number of carbonyl (C=O) groups excluding carboxylic acids is 4. The Morgan fingerprint density at radius 3 is 1.25 bits per heavy atom. The molecule has 0 radical (unpaired) electrons. The van der Waals surface area contributed by atoms with E-state index in [0.29, 0.717) is 22.2 Å². The minimum atomic E-state index is -0.486.